The van der Waals surface area contributed by atoms with Crippen LogP contribution in [-0.2, 0) is 4.74 Å². The quantitative estimate of drug-likeness (QED) is 0.785. The summed E-state index contributed by atoms with van der Waals surface area (Å²) in [4.78, 5) is 0. The summed E-state index contributed by atoms with van der Waals surface area (Å²) >= 11 is 0. The number of rotatable bonds is 2. The van der Waals surface area contributed by atoms with Gasteiger partial charge in [0.15, 0.2) is 0 Å². The Morgan fingerprint density at radius 2 is 2.43 bits per heavy atom. The molecule has 0 radical (unpaired) electrons. The van der Waals surface area contributed by atoms with Crippen molar-refractivity contribution in [2.75, 3.05) is 13.2 Å². The topological polar surface area (TPSA) is 48.4 Å². The lowest BCUT2D eigenvalue weighted by molar-refractivity contribution is 0.0418. The normalized spacial score (nSPS) is 24.9. The van der Waals surface area contributed by atoms with Crippen LogP contribution >= 0.6 is 0 Å². The van der Waals surface area contributed by atoms with Crippen LogP contribution < -0.4 is 5.73 Å². The Bertz CT molecular complexity index is 289. The molecular formula is C11H17NO2. The minimum atomic E-state index is -0.00898. The van der Waals surface area contributed by atoms with E-state index < -0.39 is 0 Å². The van der Waals surface area contributed by atoms with Crippen LogP contribution in [0.2, 0.25) is 0 Å². The predicted molar refractivity (Wildman–Crippen MR) is 53.9 cm³/mol. The molecule has 0 aromatic carbocycles. The molecule has 3 heteroatoms. The summed E-state index contributed by atoms with van der Waals surface area (Å²) in [5.41, 5.74) is 7.28. The maximum atomic E-state index is 6.14. The highest BCUT2D eigenvalue weighted by molar-refractivity contribution is 5.18. The van der Waals surface area contributed by atoms with Crippen molar-refractivity contribution in [2.24, 2.45) is 11.7 Å². The molecule has 1 aliphatic rings. The van der Waals surface area contributed by atoms with Crippen molar-refractivity contribution < 1.29 is 9.15 Å². The first-order valence-corrected chi connectivity index (χ1v) is 5.16. The molecule has 0 saturated carbocycles. The van der Waals surface area contributed by atoms with Crippen molar-refractivity contribution in [3.05, 3.63) is 23.7 Å². The van der Waals surface area contributed by atoms with Gasteiger partial charge in [0.05, 0.1) is 18.9 Å². The highest BCUT2D eigenvalue weighted by Crippen LogP contribution is 2.28. The number of hydrogen-bond donors (Lipinski definition) is 1. The van der Waals surface area contributed by atoms with Crippen molar-refractivity contribution >= 4 is 0 Å². The molecule has 2 heterocycles. The lowest BCUT2D eigenvalue weighted by atomic mass is 9.91. The van der Waals surface area contributed by atoms with Gasteiger partial charge in [0.2, 0.25) is 0 Å². The molecule has 2 N–H and O–H groups in total. The van der Waals surface area contributed by atoms with Gasteiger partial charge in [-0.05, 0) is 31.4 Å². The van der Waals surface area contributed by atoms with Crippen molar-refractivity contribution in [1.82, 2.24) is 0 Å². The fraction of sp³-hybridized carbons (Fsp3) is 0.636. The number of nitrogens with two attached hydrogens (primary N) is 1. The molecular weight excluding hydrogens is 178 g/mol. The summed E-state index contributed by atoms with van der Waals surface area (Å²) in [7, 11) is 0. The van der Waals surface area contributed by atoms with Gasteiger partial charge in [-0.1, -0.05) is 0 Å². The Morgan fingerprint density at radius 3 is 3.00 bits per heavy atom. The fourth-order valence-corrected chi connectivity index (χ4v) is 1.99. The van der Waals surface area contributed by atoms with Gasteiger partial charge in [0, 0.05) is 12.5 Å². The minimum absolute atomic E-state index is 0.00898. The zero-order valence-corrected chi connectivity index (χ0v) is 8.53. The number of hydrogen-bond acceptors (Lipinski definition) is 3. The Balaban J connectivity index is 2.07. The zero-order valence-electron chi connectivity index (χ0n) is 8.53. The number of furan rings is 1. The first-order valence-electron chi connectivity index (χ1n) is 5.16. The van der Waals surface area contributed by atoms with E-state index in [4.69, 9.17) is 14.9 Å². The van der Waals surface area contributed by atoms with Crippen molar-refractivity contribution in [1.29, 1.82) is 0 Å². The van der Waals surface area contributed by atoms with E-state index in [1.807, 2.05) is 13.0 Å². The van der Waals surface area contributed by atoms with Gasteiger partial charge in [-0.25, -0.2) is 0 Å². The van der Waals surface area contributed by atoms with Gasteiger partial charge in [0.1, 0.15) is 5.76 Å². The van der Waals surface area contributed by atoms with E-state index in [0.717, 1.165) is 37.4 Å². The Labute approximate surface area is 84.2 Å². The van der Waals surface area contributed by atoms with Crippen LogP contribution in [-0.4, -0.2) is 13.2 Å². The van der Waals surface area contributed by atoms with Crippen LogP contribution in [0.5, 0.6) is 0 Å². The second-order valence-corrected chi connectivity index (χ2v) is 3.97. The van der Waals surface area contributed by atoms with E-state index in [1.54, 1.807) is 6.26 Å². The first kappa shape index (κ1) is 9.74. The number of ether oxygens (including phenoxy) is 1. The molecule has 3 nitrogen and oxygen atoms in total. The Hall–Kier alpha value is -0.800. The van der Waals surface area contributed by atoms with E-state index in [0.29, 0.717) is 5.92 Å². The van der Waals surface area contributed by atoms with Gasteiger partial charge in [-0.15, -0.1) is 0 Å². The summed E-state index contributed by atoms with van der Waals surface area (Å²) in [6.07, 6.45) is 3.95. The van der Waals surface area contributed by atoms with Crippen molar-refractivity contribution in [3.63, 3.8) is 0 Å². The van der Waals surface area contributed by atoms with Crippen molar-refractivity contribution in [2.45, 2.75) is 25.8 Å². The highest BCUT2D eigenvalue weighted by Gasteiger charge is 2.25. The fourth-order valence-electron chi connectivity index (χ4n) is 1.99. The van der Waals surface area contributed by atoms with Crippen LogP contribution in [0.4, 0.5) is 0 Å². The molecule has 1 fully saturated rings. The molecule has 1 aromatic heterocycles. The van der Waals surface area contributed by atoms with Crippen molar-refractivity contribution in [3.8, 4) is 0 Å². The van der Waals surface area contributed by atoms with Crippen LogP contribution in [0.15, 0.2) is 16.7 Å². The van der Waals surface area contributed by atoms with Crippen LogP contribution in [0.1, 0.15) is 30.2 Å². The summed E-state index contributed by atoms with van der Waals surface area (Å²) in [6.45, 7) is 3.67. The summed E-state index contributed by atoms with van der Waals surface area (Å²) in [5, 5.41) is 0. The summed E-state index contributed by atoms with van der Waals surface area (Å²) in [6, 6.07) is 1.95. The molecule has 1 aliphatic heterocycles. The molecule has 0 spiro atoms. The van der Waals surface area contributed by atoms with Gasteiger partial charge < -0.3 is 14.9 Å². The number of aryl methyl sites for hydroxylation is 1. The molecule has 14 heavy (non-hydrogen) atoms. The summed E-state index contributed by atoms with van der Waals surface area (Å²) < 4.78 is 10.8. The lowest BCUT2D eigenvalue weighted by Gasteiger charge is -2.26. The standard InChI is InChI=1S/C11H17NO2/c1-8-4-6-14-11(8)10(12)9-3-2-5-13-7-9/h4,6,9-10H,2-3,5,7,12H2,1H3. The molecule has 2 rings (SSSR count). The molecule has 1 aromatic rings. The van der Waals surface area contributed by atoms with Gasteiger partial charge in [-0.2, -0.15) is 0 Å². The molecule has 0 amide bonds. The highest BCUT2D eigenvalue weighted by atomic mass is 16.5. The predicted octanol–water partition coefficient (Wildman–Crippen LogP) is 2.01. The Morgan fingerprint density at radius 1 is 1.57 bits per heavy atom. The van der Waals surface area contributed by atoms with E-state index in [2.05, 4.69) is 0 Å². The van der Waals surface area contributed by atoms with Crippen LogP contribution in [0.25, 0.3) is 0 Å². The molecule has 2 unspecified atom stereocenters. The molecule has 1 saturated heterocycles. The third kappa shape index (κ3) is 1.83. The molecule has 0 bridgehead atoms. The molecule has 0 aliphatic carbocycles. The van der Waals surface area contributed by atoms with Crippen LogP contribution in [0, 0.1) is 12.8 Å². The second-order valence-electron chi connectivity index (χ2n) is 3.97. The largest absolute Gasteiger partial charge is 0.467 e. The Kier molecular flexibility index (Phi) is 2.89. The maximum Gasteiger partial charge on any atom is 0.123 e. The van der Waals surface area contributed by atoms with E-state index >= 15 is 0 Å². The third-order valence-corrected chi connectivity index (χ3v) is 2.91. The maximum absolute atomic E-state index is 6.14. The van der Waals surface area contributed by atoms with E-state index in [-0.39, 0.29) is 6.04 Å². The molecule has 78 valence electrons. The second kappa shape index (κ2) is 4.15. The average molecular weight is 195 g/mol. The summed E-state index contributed by atoms with van der Waals surface area (Å²) in [5.74, 6) is 1.33. The zero-order chi connectivity index (χ0) is 9.97. The van der Waals surface area contributed by atoms with Gasteiger partial charge in [-0.3, -0.25) is 0 Å². The molecule has 2 atom stereocenters. The van der Waals surface area contributed by atoms with Gasteiger partial charge >= 0.3 is 0 Å². The average Bonchev–Trinajstić information content (AvgIpc) is 2.65. The monoisotopic (exact) mass is 195 g/mol. The first-order chi connectivity index (χ1) is 6.79. The van der Waals surface area contributed by atoms with E-state index in [9.17, 15) is 0 Å². The third-order valence-electron chi connectivity index (χ3n) is 2.91. The smallest absolute Gasteiger partial charge is 0.123 e. The lowest BCUT2D eigenvalue weighted by Crippen LogP contribution is -2.29. The van der Waals surface area contributed by atoms with E-state index in [1.165, 1.54) is 0 Å². The van der Waals surface area contributed by atoms with Gasteiger partial charge in [0.25, 0.3) is 0 Å². The SMILES string of the molecule is Cc1ccoc1C(N)C1CCCOC1. The van der Waals surface area contributed by atoms with Crippen LogP contribution in [0.3, 0.4) is 0 Å². The minimum Gasteiger partial charge on any atom is -0.467 e.